The van der Waals surface area contributed by atoms with E-state index in [1.165, 1.54) is 4.68 Å². The van der Waals surface area contributed by atoms with E-state index in [1.807, 2.05) is 24.3 Å². The molecular formula is C11H9N3O2. The van der Waals surface area contributed by atoms with Gasteiger partial charge in [0.2, 0.25) is 0 Å². The molecule has 0 fully saturated rings. The summed E-state index contributed by atoms with van der Waals surface area (Å²) in [6.45, 7) is 0.354. The summed E-state index contributed by atoms with van der Waals surface area (Å²) in [6.07, 6.45) is 0.288. The van der Waals surface area contributed by atoms with Gasteiger partial charge >= 0.3 is 0 Å². The Morgan fingerprint density at radius 2 is 2.12 bits per heavy atom. The quantitative estimate of drug-likeness (QED) is 0.703. The van der Waals surface area contributed by atoms with Crippen LogP contribution in [0.2, 0.25) is 0 Å². The standard InChI is InChI=1S/C11H9N3O2/c12-7-4-8-14-10(11(15)16-13-14)9-5-2-1-3-6-9/h1-3,5-6H,4,8H2. The van der Waals surface area contributed by atoms with E-state index in [0.29, 0.717) is 12.2 Å². The highest BCUT2D eigenvalue weighted by Gasteiger charge is 2.18. The second kappa shape index (κ2) is 4.45. The average molecular weight is 215 g/mol. The molecule has 0 unspecified atom stereocenters. The van der Waals surface area contributed by atoms with Crippen molar-refractivity contribution in [1.82, 2.24) is 5.27 Å². The van der Waals surface area contributed by atoms with Gasteiger partial charge in [0.15, 0.2) is 12.5 Å². The Bertz CT molecular complexity index is 514. The number of nitrogens with zero attached hydrogens (tertiary/aromatic N) is 3. The normalized spacial score (nSPS) is 9.94. The zero-order valence-corrected chi connectivity index (χ0v) is 8.46. The lowest BCUT2D eigenvalue weighted by Crippen LogP contribution is -2.37. The number of aryl methyl sites for hydroxylation is 1. The van der Waals surface area contributed by atoms with Crippen LogP contribution in [0.5, 0.6) is 5.95 Å². The van der Waals surface area contributed by atoms with Gasteiger partial charge in [-0.25, -0.2) is 0 Å². The van der Waals surface area contributed by atoms with Crippen LogP contribution in [0.4, 0.5) is 0 Å². The van der Waals surface area contributed by atoms with Crippen molar-refractivity contribution >= 4 is 0 Å². The lowest BCUT2D eigenvalue weighted by molar-refractivity contribution is -0.752. The molecule has 1 aromatic heterocycles. The second-order valence-electron chi connectivity index (χ2n) is 3.21. The average Bonchev–Trinajstić information content (AvgIpc) is 2.69. The number of hydrogen-bond acceptors (Lipinski definition) is 4. The zero-order valence-electron chi connectivity index (χ0n) is 8.46. The predicted molar refractivity (Wildman–Crippen MR) is 51.8 cm³/mol. The highest BCUT2D eigenvalue weighted by Crippen LogP contribution is 2.22. The Hall–Kier alpha value is -2.35. The monoisotopic (exact) mass is 215 g/mol. The molecule has 2 aromatic rings. The molecule has 0 saturated carbocycles. The second-order valence-corrected chi connectivity index (χ2v) is 3.21. The summed E-state index contributed by atoms with van der Waals surface area (Å²) in [4.78, 5) is 0. The number of hydrogen-bond donors (Lipinski definition) is 0. The molecule has 0 aliphatic heterocycles. The van der Waals surface area contributed by atoms with Crippen LogP contribution in [-0.2, 0) is 6.54 Å². The van der Waals surface area contributed by atoms with Crippen molar-refractivity contribution in [2.45, 2.75) is 13.0 Å². The van der Waals surface area contributed by atoms with Gasteiger partial charge < -0.3 is 9.63 Å². The van der Waals surface area contributed by atoms with E-state index < -0.39 is 5.95 Å². The first kappa shape index (κ1) is 10.2. The van der Waals surface area contributed by atoms with E-state index in [-0.39, 0.29) is 6.42 Å². The number of aromatic nitrogens is 2. The molecular weight excluding hydrogens is 206 g/mol. The third-order valence-electron chi connectivity index (χ3n) is 2.16. The molecule has 0 amide bonds. The molecule has 16 heavy (non-hydrogen) atoms. The summed E-state index contributed by atoms with van der Waals surface area (Å²) < 4.78 is 6.01. The van der Waals surface area contributed by atoms with Crippen molar-refractivity contribution in [1.29, 1.82) is 5.26 Å². The molecule has 5 heteroatoms. The van der Waals surface area contributed by atoms with Gasteiger partial charge in [-0.3, -0.25) is 0 Å². The molecule has 0 aliphatic carbocycles. The SMILES string of the molecule is N#CCC[n+]1noc([O-])c1-c1ccccc1. The highest BCUT2D eigenvalue weighted by atomic mass is 16.6. The molecule has 0 saturated heterocycles. The molecule has 0 radical (unpaired) electrons. The van der Waals surface area contributed by atoms with E-state index in [9.17, 15) is 5.11 Å². The van der Waals surface area contributed by atoms with Crippen LogP contribution in [0.3, 0.4) is 0 Å². The van der Waals surface area contributed by atoms with Gasteiger partial charge in [-0.1, -0.05) is 22.9 Å². The topological polar surface area (TPSA) is 76.8 Å². The van der Waals surface area contributed by atoms with E-state index in [0.717, 1.165) is 5.56 Å². The molecule has 2 rings (SSSR count). The van der Waals surface area contributed by atoms with E-state index >= 15 is 0 Å². The van der Waals surface area contributed by atoms with Crippen molar-refractivity contribution < 1.29 is 14.3 Å². The Balaban J connectivity index is 2.40. The fourth-order valence-corrected chi connectivity index (χ4v) is 1.45. The first-order valence-corrected chi connectivity index (χ1v) is 4.82. The minimum atomic E-state index is -0.482. The molecule has 80 valence electrons. The van der Waals surface area contributed by atoms with Crippen molar-refractivity contribution in [3.05, 3.63) is 30.3 Å². The van der Waals surface area contributed by atoms with E-state index in [4.69, 9.17) is 5.26 Å². The minimum absolute atomic E-state index is 0.288. The van der Waals surface area contributed by atoms with E-state index in [1.54, 1.807) is 12.1 Å². The maximum atomic E-state index is 11.5. The van der Waals surface area contributed by atoms with Crippen LogP contribution in [-0.4, -0.2) is 5.27 Å². The molecule has 0 spiro atoms. The Labute approximate surface area is 92.1 Å². The summed E-state index contributed by atoms with van der Waals surface area (Å²) in [5.74, 6) is -0.482. The molecule has 0 atom stereocenters. The largest absolute Gasteiger partial charge is 0.539 e. The number of rotatable bonds is 3. The van der Waals surface area contributed by atoms with Gasteiger partial charge in [-0.15, -0.1) is 0 Å². The summed E-state index contributed by atoms with van der Waals surface area (Å²) >= 11 is 0. The summed E-state index contributed by atoms with van der Waals surface area (Å²) in [7, 11) is 0. The number of benzene rings is 1. The lowest BCUT2D eigenvalue weighted by Gasteiger charge is -1.96. The van der Waals surface area contributed by atoms with Crippen LogP contribution in [0, 0.1) is 11.3 Å². The van der Waals surface area contributed by atoms with Crippen LogP contribution in [0.1, 0.15) is 6.42 Å². The van der Waals surface area contributed by atoms with Crippen LogP contribution in [0.15, 0.2) is 34.9 Å². The molecule has 0 N–H and O–H groups in total. The third kappa shape index (κ3) is 1.86. The van der Waals surface area contributed by atoms with Gasteiger partial charge in [0.05, 0.1) is 23.3 Å². The van der Waals surface area contributed by atoms with Gasteiger partial charge in [-0.2, -0.15) is 5.26 Å². The van der Waals surface area contributed by atoms with Crippen molar-refractivity contribution in [2.24, 2.45) is 0 Å². The number of nitriles is 1. The molecule has 0 bridgehead atoms. The maximum Gasteiger partial charge on any atom is 0.264 e. The Kier molecular flexibility index (Phi) is 2.83. The summed E-state index contributed by atoms with van der Waals surface area (Å²) in [5.41, 5.74) is 1.13. The third-order valence-corrected chi connectivity index (χ3v) is 2.16. The van der Waals surface area contributed by atoms with Gasteiger partial charge in [0.25, 0.3) is 5.69 Å². The fourth-order valence-electron chi connectivity index (χ4n) is 1.45. The Morgan fingerprint density at radius 3 is 2.81 bits per heavy atom. The fraction of sp³-hybridized carbons (Fsp3) is 0.182. The van der Waals surface area contributed by atoms with Crippen molar-refractivity contribution in [3.63, 3.8) is 0 Å². The first-order valence-electron chi connectivity index (χ1n) is 4.82. The summed E-state index contributed by atoms with van der Waals surface area (Å²) in [6, 6.07) is 11.1. The van der Waals surface area contributed by atoms with Crippen molar-refractivity contribution in [3.8, 4) is 23.3 Å². The van der Waals surface area contributed by atoms with Crippen LogP contribution in [0.25, 0.3) is 11.3 Å². The smallest absolute Gasteiger partial charge is 0.264 e. The molecule has 1 aromatic carbocycles. The Morgan fingerprint density at radius 1 is 1.38 bits per heavy atom. The highest BCUT2D eigenvalue weighted by molar-refractivity contribution is 5.59. The molecule has 1 heterocycles. The van der Waals surface area contributed by atoms with E-state index in [2.05, 4.69) is 9.79 Å². The zero-order chi connectivity index (χ0) is 11.4. The van der Waals surface area contributed by atoms with Gasteiger partial charge in [0, 0.05) is 0 Å². The molecule has 0 aliphatic rings. The molecule has 5 nitrogen and oxygen atoms in total. The van der Waals surface area contributed by atoms with Crippen LogP contribution >= 0.6 is 0 Å². The minimum Gasteiger partial charge on any atom is -0.539 e. The summed E-state index contributed by atoms with van der Waals surface area (Å²) in [5, 5.41) is 23.6. The predicted octanol–water partition coefficient (Wildman–Crippen LogP) is 0.616. The van der Waals surface area contributed by atoms with Gasteiger partial charge in [0.1, 0.15) is 0 Å². The lowest BCUT2D eigenvalue weighted by atomic mass is 10.1. The maximum absolute atomic E-state index is 11.5. The van der Waals surface area contributed by atoms with Gasteiger partial charge in [-0.05, 0) is 12.1 Å². The van der Waals surface area contributed by atoms with Crippen molar-refractivity contribution in [2.75, 3.05) is 0 Å². The first-order chi connectivity index (χ1) is 7.83. The van der Waals surface area contributed by atoms with Crippen LogP contribution < -0.4 is 9.79 Å².